The molecule has 3 rings (SSSR count). The van der Waals surface area contributed by atoms with Crippen molar-refractivity contribution in [1.82, 2.24) is 19.6 Å². The summed E-state index contributed by atoms with van der Waals surface area (Å²) in [6.07, 6.45) is 1.38. The van der Waals surface area contributed by atoms with E-state index >= 15 is 0 Å². The van der Waals surface area contributed by atoms with Crippen molar-refractivity contribution in [3.63, 3.8) is 0 Å². The quantitative estimate of drug-likeness (QED) is 0.704. The van der Waals surface area contributed by atoms with Crippen molar-refractivity contribution in [2.45, 2.75) is 9.92 Å². The molecule has 0 saturated heterocycles. The Morgan fingerprint density at radius 2 is 2.20 bits per heavy atom. The number of hydrogen-bond acceptors (Lipinski definition) is 5. The maximum atomic E-state index is 11.3. The van der Waals surface area contributed by atoms with Crippen molar-refractivity contribution < 1.29 is 9.90 Å². The van der Waals surface area contributed by atoms with Crippen molar-refractivity contribution >= 4 is 23.4 Å². The fourth-order valence-corrected chi connectivity index (χ4v) is 2.50. The normalized spacial score (nSPS) is 10.8. The van der Waals surface area contributed by atoms with Crippen LogP contribution in [0.25, 0.3) is 5.65 Å². The summed E-state index contributed by atoms with van der Waals surface area (Å²) < 4.78 is 1.29. The predicted octanol–water partition coefficient (Wildman–Crippen LogP) is 1.27. The van der Waals surface area contributed by atoms with E-state index in [1.807, 2.05) is 0 Å². The number of fused-ring (bicyclic) bond motifs is 1. The van der Waals surface area contributed by atoms with Gasteiger partial charge in [-0.1, -0.05) is 17.8 Å². The van der Waals surface area contributed by atoms with Crippen LogP contribution in [-0.2, 0) is 0 Å². The number of aromatic amines is 1. The third-order valence-electron chi connectivity index (χ3n) is 2.59. The molecule has 100 valence electrons. The molecule has 20 heavy (non-hydrogen) atoms. The molecule has 0 atom stereocenters. The second-order valence-corrected chi connectivity index (χ2v) is 5.01. The van der Waals surface area contributed by atoms with E-state index in [0.717, 1.165) is 4.90 Å². The smallest absolute Gasteiger partial charge is 0.348 e. The molecule has 0 spiro atoms. The molecular formula is C12H8N4O3S. The maximum Gasteiger partial charge on any atom is 0.348 e. The summed E-state index contributed by atoms with van der Waals surface area (Å²) in [5.74, 6) is -0.977. The number of nitrogens with one attached hydrogen (secondary N) is 1. The van der Waals surface area contributed by atoms with Crippen molar-refractivity contribution in [1.29, 1.82) is 0 Å². The highest BCUT2D eigenvalue weighted by Gasteiger charge is 2.07. The van der Waals surface area contributed by atoms with Crippen LogP contribution in [0.3, 0.4) is 0 Å². The van der Waals surface area contributed by atoms with Gasteiger partial charge in [0.05, 0.1) is 5.56 Å². The summed E-state index contributed by atoms with van der Waals surface area (Å²) in [6, 6.07) is 8.20. The Balaban J connectivity index is 1.94. The molecule has 0 aliphatic heterocycles. The summed E-state index contributed by atoms with van der Waals surface area (Å²) in [7, 11) is 0. The molecule has 1 aromatic carbocycles. The van der Waals surface area contributed by atoms with Crippen LogP contribution in [0.4, 0.5) is 0 Å². The number of aromatic carboxylic acids is 1. The van der Waals surface area contributed by atoms with E-state index < -0.39 is 5.97 Å². The van der Waals surface area contributed by atoms with Gasteiger partial charge in [0.2, 0.25) is 0 Å². The number of benzene rings is 1. The minimum Gasteiger partial charge on any atom is -0.478 e. The molecule has 0 bridgehead atoms. The number of aromatic nitrogens is 4. The third kappa shape index (κ3) is 2.28. The Morgan fingerprint density at radius 3 is 3.00 bits per heavy atom. The molecule has 2 heterocycles. The molecule has 0 saturated carbocycles. The largest absolute Gasteiger partial charge is 0.478 e. The first kappa shape index (κ1) is 12.4. The Bertz CT molecular complexity index is 855. The van der Waals surface area contributed by atoms with Crippen LogP contribution in [0.1, 0.15) is 10.4 Å². The van der Waals surface area contributed by atoms with Gasteiger partial charge in [0.15, 0.2) is 5.65 Å². The molecule has 0 radical (unpaired) electrons. The number of hydrogen-bond donors (Lipinski definition) is 2. The van der Waals surface area contributed by atoms with E-state index in [4.69, 9.17) is 5.11 Å². The summed E-state index contributed by atoms with van der Waals surface area (Å²) in [4.78, 5) is 27.1. The minimum absolute atomic E-state index is 0.215. The predicted molar refractivity (Wildman–Crippen MR) is 71.1 cm³/mol. The monoisotopic (exact) mass is 288 g/mol. The molecule has 2 N–H and O–H groups in total. The summed E-state index contributed by atoms with van der Waals surface area (Å²) in [6.45, 7) is 0. The molecule has 0 amide bonds. The Hall–Kier alpha value is -2.61. The first-order chi connectivity index (χ1) is 9.63. The fraction of sp³-hybridized carbons (Fsp3) is 0. The van der Waals surface area contributed by atoms with Crippen LogP contribution in [0, 0.1) is 0 Å². The van der Waals surface area contributed by atoms with Gasteiger partial charge in [-0.15, -0.1) is 0 Å². The Labute approximate surface area is 116 Å². The second kappa shape index (κ2) is 4.82. The van der Waals surface area contributed by atoms with E-state index in [9.17, 15) is 9.59 Å². The van der Waals surface area contributed by atoms with Gasteiger partial charge in [-0.05, 0) is 18.2 Å². The zero-order valence-corrected chi connectivity index (χ0v) is 10.8. The molecule has 2 aromatic heterocycles. The van der Waals surface area contributed by atoms with Crippen LogP contribution < -0.4 is 5.69 Å². The van der Waals surface area contributed by atoms with E-state index in [-0.39, 0.29) is 11.3 Å². The number of carboxylic acid groups (broad SMARTS) is 1. The van der Waals surface area contributed by atoms with Crippen molar-refractivity contribution in [2.24, 2.45) is 0 Å². The summed E-state index contributed by atoms with van der Waals surface area (Å²) in [5, 5.41) is 15.7. The Kier molecular flexibility index (Phi) is 2.99. The van der Waals surface area contributed by atoms with Gasteiger partial charge in [-0.25, -0.2) is 24.1 Å². The minimum atomic E-state index is -0.977. The number of nitrogens with zero attached hydrogens (tertiary/aromatic N) is 3. The van der Waals surface area contributed by atoms with Crippen molar-refractivity contribution in [3.05, 3.63) is 52.7 Å². The lowest BCUT2D eigenvalue weighted by atomic mass is 10.2. The highest BCUT2D eigenvalue weighted by atomic mass is 32.2. The lowest BCUT2D eigenvalue weighted by molar-refractivity contribution is 0.0696. The lowest BCUT2D eigenvalue weighted by Gasteiger charge is -2.02. The van der Waals surface area contributed by atoms with Crippen LogP contribution >= 0.6 is 11.8 Å². The maximum absolute atomic E-state index is 11.3. The average molecular weight is 288 g/mol. The summed E-state index contributed by atoms with van der Waals surface area (Å²) in [5.41, 5.74) is 0.325. The molecule has 0 fully saturated rings. The van der Waals surface area contributed by atoms with Crippen molar-refractivity contribution in [2.75, 3.05) is 0 Å². The number of rotatable bonds is 3. The van der Waals surface area contributed by atoms with Gasteiger partial charge in [0, 0.05) is 11.0 Å². The van der Waals surface area contributed by atoms with Gasteiger partial charge in [-0.3, -0.25) is 0 Å². The Morgan fingerprint density at radius 1 is 1.35 bits per heavy atom. The van der Waals surface area contributed by atoms with Gasteiger partial charge < -0.3 is 5.11 Å². The second-order valence-electron chi connectivity index (χ2n) is 3.92. The number of carbonyl (C=O) groups is 1. The first-order valence-electron chi connectivity index (χ1n) is 5.57. The lowest BCUT2D eigenvalue weighted by Crippen LogP contribution is -2.09. The van der Waals surface area contributed by atoms with E-state index in [1.165, 1.54) is 28.6 Å². The fourth-order valence-electron chi connectivity index (χ4n) is 1.66. The topological polar surface area (TPSA) is 100 Å². The zero-order valence-electron chi connectivity index (χ0n) is 9.98. The van der Waals surface area contributed by atoms with Gasteiger partial charge in [-0.2, -0.15) is 5.10 Å². The van der Waals surface area contributed by atoms with E-state index in [0.29, 0.717) is 10.7 Å². The molecular weight excluding hydrogens is 280 g/mol. The molecule has 3 aromatic rings. The highest BCUT2D eigenvalue weighted by Crippen LogP contribution is 2.26. The van der Waals surface area contributed by atoms with Gasteiger partial charge in [0.1, 0.15) is 11.4 Å². The van der Waals surface area contributed by atoms with Crippen molar-refractivity contribution in [3.8, 4) is 0 Å². The van der Waals surface area contributed by atoms with Gasteiger partial charge in [0.25, 0.3) is 0 Å². The SMILES string of the molecule is O=C(O)c1cccc(Sc2cc3n[nH]c(=O)n3cn2)c1. The molecule has 8 heteroatoms. The molecule has 0 aliphatic rings. The number of H-pyrrole nitrogens is 1. The van der Waals surface area contributed by atoms with Crippen LogP contribution in [0.15, 0.2) is 51.4 Å². The average Bonchev–Trinajstić information content (AvgIpc) is 2.80. The van der Waals surface area contributed by atoms with Crippen LogP contribution in [0.5, 0.6) is 0 Å². The molecule has 7 nitrogen and oxygen atoms in total. The summed E-state index contributed by atoms with van der Waals surface area (Å²) >= 11 is 1.30. The number of carboxylic acids is 1. The molecule has 0 aliphatic carbocycles. The van der Waals surface area contributed by atoms with E-state index in [1.54, 1.807) is 24.3 Å². The zero-order chi connectivity index (χ0) is 14.1. The third-order valence-corrected chi connectivity index (χ3v) is 3.51. The highest BCUT2D eigenvalue weighted by molar-refractivity contribution is 7.99. The standard InChI is InChI=1S/C12H8N4O3S/c17-11(18)7-2-1-3-8(4-7)20-10-5-9-14-15-12(19)16(9)6-13-10/h1-6H,(H,15,19)(H,17,18). The first-order valence-corrected chi connectivity index (χ1v) is 6.39. The van der Waals surface area contributed by atoms with Gasteiger partial charge >= 0.3 is 11.7 Å². The van der Waals surface area contributed by atoms with E-state index in [2.05, 4.69) is 15.2 Å². The van der Waals surface area contributed by atoms with Crippen LogP contribution in [0.2, 0.25) is 0 Å². The molecule has 0 unspecified atom stereocenters. The van der Waals surface area contributed by atoms with Crippen LogP contribution in [-0.4, -0.2) is 30.7 Å².